The maximum absolute atomic E-state index is 9.65. The van der Waals surface area contributed by atoms with Crippen LogP contribution < -0.4 is 5.73 Å². The lowest BCUT2D eigenvalue weighted by molar-refractivity contribution is 0.463. The predicted octanol–water partition coefficient (Wildman–Crippen LogP) is 2.25. The van der Waals surface area contributed by atoms with Gasteiger partial charge in [-0.2, -0.15) is 0 Å². The summed E-state index contributed by atoms with van der Waals surface area (Å²) in [5, 5.41) is 10.3. The van der Waals surface area contributed by atoms with Crippen LogP contribution in [0.1, 0.15) is 17.5 Å². The summed E-state index contributed by atoms with van der Waals surface area (Å²) in [6.45, 7) is 2.47. The summed E-state index contributed by atoms with van der Waals surface area (Å²) in [5.41, 5.74) is 7.09. The first kappa shape index (κ1) is 10.4. The summed E-state index contributed by atoms with van der Waals surface area (Å²) < 4.78 is 0. The second-order valence-electron chi connectivity index (χ2n) is 3.12. The topological polar surface area (TPSA) is 46.2 Å². The fourth-order valence-electron chi connectivity index (χ4n) is 1.29. The minimum atomic E-state index is 0.345. The quantitative estimate of drug-likeness (QED) is 0.785. The maximum atomic E-state index is 9.65. The number of aryl methyl sites for hydroxylation is 2. The van der Waals surface area contributed by atoms with Crippen molar-refractivity contribution in [2.45, 2.75) is 19.8 Å². The van der Waals surface area contributed by atoms with Crippen LogP contribution in [-0.4, -0.2) is 11.7 Å². The number of nitrogens with two attached hydrogens (primary N) is 1. The highest BCUT2D eigenvalue weighted by molar-refractivity contribution is 6.30. The van der Waals surface area contributed by atoms with E-state index in [-0.39, 0.29) is 0 Å². The molecule has 0 aromatic heterocycles. The Bertz CT molecular complexity index is 299. The molecule has 3 heteroatoms. The number of phenolic OH excluding ortho intramolecular Hbond substituents is 1. The summed E-state index contributed by atoms with van der Waals surface area (Å²) in [5.74, 6) is 0.345. The molecule has 0 amide bonds. The molecular weight excluding hydrogens is 186 g/mol. The van der Waals surface area contributed by atoms with Crippen molar-refractivity contribution in [3.05, 3.63) is 28.3 Å². The molecule has 72 valence electrons. The van der Waals surface area contributed by atoms with Gasteiger partial charge in [-0.3, -0.25) is 0 Å². The molecule has 0 aliphatic carbocycles. The van der Waals surface area contributed by atoms with Crippen molar-refractivity contribution in [3.8, 4) is 5.75 Å². The zero-order valence-corrected chi connectivity index (χ0v) is 8.43. The van der Waals surface area contributed by atoms with Crippen LogP contribution in [0.2, 0.25) is 5.02 Å². The van der Waals surface area contributed by atoms with E-state index in [4.69, 9.17) is 17.3 Å². The van der Waals surface area contributed by atoms with E-state index in [2.05, 4.69) is 0 Å². The van der Waals surface area contributed by atoms with Crippen LogP contribution in [0.3, 0.4) is 0 Å². The van der Waals surface area contributed by atoms with Gasteiger partial charge in [0.05, 0.1) is 0 Å². The summed E-state index contributed by atoms with van der Waals surface area (Å²) in [6, 6.07) is 3.54. The second-order valence-corrected chi connectivity index (χ2v) is 3.56. The molecule has 0 saturated heterocycles. The molecule has 2 nitrogen and oxygen atoms in total. The van der Waals surface area contributed by atoms with Gasteiger partial charge in [0.2, 0.25) is 0 Å². The van der Waals surface area contributed by atoms with Crippen LogP contribution in [0, 0.1) is 6.92 Å². The molecule has 1 aromatic carbocycles. The molecule has 3 N–H and O–H groups in total. The predicted molar refractivity (Wildman–Crippen MR) is 55.2 cm³/mol. The SMILES string of the molecule is Cc1cc(Cl)cc(CCCN)c1O. The zero-order chi connectivity index (χ0) is 9.84. The third kappa shape index (κ3) is 2.61. The molecule has 0 aliphatic heterocycles. The number of hydrogen-bond donors (Lipinski definition) is 2. The van der Waals surface area contributed by atoms with Crippen LogP contribution in [-0.2, 0) is 6.42 Å². The normalized spacial score (nSPS) is 10.4. The van der Waals surface area contributed by atoms with Crippen molar-refractivity contribution in [1.29, 1.82) is 0 Å². The molecule has 0 spiro atoms. The van der Waals surface area contributed by atoms with Crippen molar-refractivity contribution >= 4 is 11.6 Å². The number of aromatic hydroxyl groups is 1. The van der Waals surface area contributed by atoms with Gasteiger partial charge in [0.15, 0.2) is 0 Å². The molecule has 0 heterocycles. The standard InChI is InChI=1S/C10H14ClNO/c1-7-5-9(11)6-8(10(7)13)3-2-4-12/h5-6,13H,2-4,12H2,1H3. The number of rotatable bonds is 3. The summed E-state index contributed by atoms with van der Waals surface area (Å²) in [7, 11) is 0. The molecule has 1 aromatic rings. The Morgan fingerprint density at radius 2 is 2.15 bits per heavy atom. The van der Waals surface area contributed by atoms with E-state index >= 15 is 0 Å². The lowest BCUT2D eigenvalue weighted by Crippen LogP contribution is -2.00. The fourth-order valence-corrected chi connectivity index (χ4v) is 1.58. The van der Waals surface area contributed by atoms with Crippen LogP contribution in [0.25, 0.3) is 0 Å². The Labute approximate surface area is 83.3 Å². The average molecular weight is 200 g/mol. The molecule has 13 heavy (non-hydrogen) atoms. The minimum absolute atomic E-state index is 0.345. The molecule has 0 radical (unpaired) electrons. The third-order valence-electron chi connectivity index (χ3n) is 1.99. The van der Waals surface area contributed by atoms with Gasteiger partial charge < -0.3 is 10.8 Å². The van der Waals surface area contributed by atoms with Crippen molar-refractivity contribution in [1.82, 2.24) is 0 Å². The Balaban J connectivity index is 2.92. The first-order valence-electron chi connectivity index (χ1n) is 4.33. The number of phenols is 1. The highest BCUT2D eigenvalue weighted by Gasteiger charge is 2.05. The van der Waals surface area contributed by atoms with Gasteiger partial charge >= 0.3 is 0 Å². The van der Waals surface area contributed by atoms with Crippen molar-refractivity contribution < 1.29 is 5.11 Å². The monoisotopic (exact) mass is 199 g/mol. The van der Waals surface area contributed by atoms with E-state index in [9.17, 15) is 5.11 Å². The molecular formula is C10H14ClNO. The Kier molecular flexibility index (Phi) is 3.58. The van der Waals surface area contributed by atoms with E-state index in [0.29, 0.717) is 17.3 Å². The van der Waals surface area contributed by atoms with Gasteiger partial charge in [-0.1, -0.05) is 11.6 Å². The van der Waals surface area contributed by atoms with Gasteiger partial charge in [-0.05, 0) is 49.6 Å². The third-order valence-corrected chi connectivity index (χ3v) is 2.21. The van der Waals surface area contributed by atoms with E-state index in [1.54, 1.807) is 12.1 Å². The van der Waals surface area contributed by atoms with Gasteiger partial charge in [0.1, 0.15) is 5.75 Å². The van der Waals surface area contributed by atoms with Crippen LogP contribution >= 0.6 is 11.6 Å². The molecule has 0 fully saturated rings. The van der Waals surface area contributed by atoms with Gasteiger partial charge in [-0.25, -0.2) is 0 Å². The lowest BCUT2D eigenvalue weighted by atomic mass is 10.1. The zero-order valence-electron chi connectivity index (χ0n) is 7.68. The maximum Gasteiger partial charge on any atom is 0.121 e. The largest absolute Gasteiger partial charge is 0.507 e. The van der Waals surface area contributed by atoms with Crippen molar-refractivity contribution in [2.24, 2.45) is 5.73 Å². The first-order chi connectivity index (χ1) is 6.15. The Hall–Kier alpha value is -0.730. The molecule has 0 bridgehead atoms. The smallest absolute Gasteiger partial charge is 0.121 e. The first-order valence-corrected chi connectivity index (χ1v) is 4.71. The van der Waals surface area contributed by atoms with Crippen molar-refractivity contribution in [2.75, 3.05) is 6.54 Å². The van der Waals surface area contributed by atoms with Gasteiger partial charge in [0.25, 0.3) is 0 Å². The molecule has 0 atom stereocenters. The number of benzene rings is 1. The van der Waals surface area contributed by atoms with E-state index < -0.39 is 0 Å². The van der Waals surface area contributed by atoms with Crippen LogP contribution in [0.4, 0.5) is 0 Å². The lowest BCUT2D eigenvalue weighted by Gasteiger charge is -2.07. The van der Waals surface area contributed by atoms with E-state index in [0.717, 1.165) is 24.0 Å². The molecule has 1 rings (SSSR count). The van der Waals surface area contributed by atoms with E-state index in [1.165, 1.54) is 0 Å². The number of hydrogen-bond acceptors (Lipinski definition) is 2. The minimum Gasteiger partial charge on any atom is -0.507 e. The van der Waals surface area contributed by atoms with Crippen LogP contribution in [0.5, 0.6) is 5.75 Å². The van der Waals surface area contributed by atoms with Gasteiger partial charge in [0, 0.05) is 5.02 Å². The molecule has 0 unspecified atom stereocenters. The Morgan fingerprint density at radius 1 is 1.46 bits per heavy atom. The molecule has 0 saturated carbocycles. The highest BCUT2D eigenvalue weighted by Crippen LogP contribution is 2.27. The highest BCUT2D eigenvalue weighted by atomic mass is 35.5. The Morgan fingerprint density at radius 3 is 2.77 bits per heavy atom. The summed E-state index contributed by atoms with van der Waals surface area (Å²) in [6.07, 6.45) is 1.65. The van der Waals surface area contributed by atoms with Crippen LogP contribution in [0.15, 0.2) is 12.1 Å². The van der Waals surface area contributed by atoms with E-state index in [1.807, 2.05) is 6.92 Å². The van der Waals surface area contributed by atoms with Crippen molar-refractivity contribution in [3.63, 3.8) is 0 Å². The number of halogens is 1. The van der Waals surface area contributed by atoms with Gasteiger partial charge in [-0.15, -0.1) is 0 Å². The summed E-state index contributed by atoms with van der Waals surface area (Å²) >= 11 is 5.86. The average Bonchev–Trinajstić information content (AvgIpc) is 2.09. The summed E-state index contributed by atoms with van der Waals surface area (Å²) in [4.78, 5) is 0. The fraction of sp³-hybridized carbons (Fsp3) is 0.400. The molecule has 0 aliphatic rings. The second kappa shape index (κ2) is 4.49.